The topological polar surface area (TPSA) is 51.8 Å². The van der Waals surface area contributed by atoms with Crippen molar-refractivity contribution >= 4 is 52.2 Å². The average molecular weight is 238 g/mol. The molecule has 2 N–H and O–H groups in total. The lowest BCUT2D eigenvalue weighted by Crippen LogP contribution is -1.90. The van der Waals surface area contributed by atoms with Crippen LogP contribution in [0.1, 0.15) is 5.56 Å². The van der Waals surface area contributed by atoms with Crippen molar-refractivity contribution in [3.8, 4) is 0 Å². The van der Waals surface area contributed by atoms with Crippen LogP contribution in [0.25, 0.3) is 10.2 Å². The Hall–Kier alpha value is -0.580. The van der Waals surface area contributed by atoms with Crippen LogP contribution < -0.4 is 5.73 Å². The number of anilines is 1. The predicted octanol–water partition coefficient (Wildman–Crippen LogP) is 2.43. The second-order valence-corrected chi connectivity index (χ2v) is 3.24. The third-order valence-electron chi connectivity index (χ3n) is 1.56. The van der Waals surface area contributed by atoms with Crippen molar-refractivity contribution in [2.75, 3.05) is 5.73 Å². The smallest absolute Gasteiger partial charge is 0.144 e. The highest BCUT2D eigenvalue weighted by atomic mass is 35.5. The molecule has 72 valence electrons. The van der Waals surface area contributed by atoms with Gasteiger partial charge in [-0.2, -0.15) is 0 Å². The maximum atomic E-state index is 5.63. The molecule has 0 aromatic carbocycles. The van der Waals surface area contributed by atoms with Crippen molar-refractivity contribution in [1.29, 1.82) is 0 Å². The Morgan fingerprint density at radius 1 is 1.31 bits per heavy atom. The fraction of sp³-hybridized carbons (Fsp3) is 0.143. The fourth-order valence-corrected chi connectivity index (χ4v) is 1.89. The minimum absolute atomic E-state index is 0. The number of hydrogen-bond acceptors (Lipinski definition) is 4. The van der Waals surface area contributed by atoms with Crippen LogP contribution in [0, 0.1) is 6.92 Å². The lowest BCUT2D eigenvalue weighted by Gasteiger charge is -1.92. The summed E-state index contributed by atoms with van der Waals surface area (Å²) in [5.74, 6) is 0.577. The van der Waals surface area contributed by atoms with Crippen LogP contribution in [0.15, 0.2) is 11.7 Å². The molecule has 6 heteroatoms. The van der Waals surface area contributed by atoms with Crippen molar-refractivity contribution in [3.05, 3.63) is 17.3 Å². The van der Waals surface area contributed by atoms with E-state index in [1.807, 2.05) is 12.3 Å². The van der Waals surface area contributed by atoms with Crippen LogP contribution in [0.4, 0.5) is 5.82 Å². The minimum atomic E-state index is 0. The summed E-state index contributed by atoms with van der Waals surface area (Å²) in [4.78, 5) is 8.02. The molecule has 2 aromatic heterocycles. The summed E-state index contributed by atoms with van der Waals surface area (Å²) < 4.78 is 0.991. The van der Waals surface area contributed by atoms with Crippen LogP contribution >= 0.6 is 36.2 Å². The van der Waals surface area contributed by atoms with E-state index in [9.17, 15) is 0 Å². The van der Waals surface area contributed by atoms with Crippen LogP contribution in [0.5, 0.6) is 0 Å². The van der Waals surface area contributed by atoms with E-state index in [0.29, 0.717) is 5.82 Å². The number of halogens is 2. The van der Waals surface area contributed by atoms with Gasteiger partial charge in [0.25, 0.3) is 0 Å². The molecular formula is C7H9Cl2N3S. The van der Waals surface area contributed by atoms with Crippen molar-refractivity contribution in [2.24, 2.45) is 0 Å². The average Bonchev–Trinajstić information content (AvgIpc) is 2.35. The van der Waals surface area contributed by atoms with Gasteiger partial charge in [-0.05, 0) is 17.9 Å². The number of nitrogens with two attached hydrogens (primary N) is 1. The van der Waals surface area contributed by atoms with E-state index < -0.39 is 0 Å². The number of nitrogen functional groups attached to an aromatic ring is 1. The Morgan fingerprint density at radius 2 is 2.00 bits per heavy atom. The molecule has 0 aliphatic carbocycles. The van der Waals surface area contributed by atoms with Crippen LogP contribution in [-0.4, -0.2) is 9.97 Å². The number of rotatable bonds is 0. The highest BCUT2D eigenvalue weighted by Gasteiger charge is 2.03. The molecule has 2 rings (SSSR count). The van der Waals surface area contributed by atoms with Crippen molar-refractivity contribution in [2.45, 2.75) is 6.92 Å². The van der Waals surface area contributed by atoms with Gasteiger partial charge in [-0.25, -0.2) is 9.97 Å². The Labute approximate surface area is 92.2 Å². The standard InChI is InChI=1S/C7H7N3S.2ClH/c1-4-2-11-6-5(4)9-3-10-7(6)8;;/h2-3H,1H3,(H2,8,9,10);2*1H. The molecule has 0 atom stereocenters. The van der Waals surface area contributed by atoms with E-state index in [1.165, 1.54) is 11.9 Å². The summed E-state index contributed by atoms with van der Waals surface area (Å²) >= 11 is 1.59. The second kappa shape index (κ2) is 4.60. The zero-order valence-electron chi connectivity index (χ0n) is 6.85. The van der Waals surface area contributed by atoms with E-state index in [-0.39, 0.29) is 24.8 Å². The lowest BCUT2D eigenvalue weighted by atomic mass is 10.3. The van der Waals surface area contributed by atoms with Gasteiger partial charge in [-0.1, -0.05) is 0 Å². The van der Waals surface area contributed by atoms with E-state index in [4.69, 9.17) is 5.73 Å². The molecule has 3 nitrogen and oxygen atoms in total. The fourth-order valence-electron chi connectivity index (χ4n) is 0.988. The third kappa shape index (κ3) is 2.02. The Balaban J connectivity index is 0.000000720. The molecule has 0 fully saturated rings. The molecule has 0 spiro atoms. The van der Waals surface area contributed by atoms with Gasteiger partial charge in [0.2, 0.25) is 0 Å². The molecule has 0 aliphatic heterocycles. The minimum Gasteiger partial charge on any atom is -0.382 e. The van der Waals surface area contributed by atoms with Gasteiger partial charge in [0, 0.05) is 0 Å². The van der Waals surface area contributed by atoms with Gasteiger partial charge >= 0.3 is 0 Å². The first-order valence-corrected chi connectivity index (χ1v) is 4.11. The van der Waals surface area contributed by atoms with Crippen LogP contribution in [0.3, 0.4) is 0 Å². The number of hydrogen-bond donors (Lipinski definition) is 1. The molecular weight excluding hydrogens is 229 g/mol. The van der Waals surface area contributed by atoms with Crippen LogP contribution in [-0.2, 0) is 0 Å². The van der Waals surface area contributed by atoms with Crippen molar-refractivity contribution in [3.63, 3.8) is 0 Å². The van der Waals surface area contributed by atoms with Crippen molar-refractivity contribution in [1.82, 2.24) is 9.97 Å². The quantitative estimate of drug-likeness (QED) is 0.766. The Bertz CT molecular complexity index is 402. The van der Waals surface area contributed by atoms with E-state index >= 15 is 0 Å². The summed E-state index contributed by atoms with van der Waals surface area (Å²) in [5.41, 5.74) is 7.77. The number of aromatic nitrogens is 2. The van der Waals surface area contributed by atoms with Gasteiger partial charge in [-0.3, -0.25) is 0 Å². The highest BCUT2D eigenvalue weighted by Crippen LogP contribution is 2.26. The zero-order chi connectivity index (χ0) is 7.84. The first-order chi connectivity index (χ1) is 5.29. The summed E-state index contributed by atoms with van der Waals surface area (Å²) in [6.07, 6.45) is 1.50. The lowest BCUT2D eigenvalue weighted by molar-refractivity contribution is 1.23. The summed E-state index contributed by atoms with van der Waals surface area (Å²) in [6.45, 7) is 2.02. The SMILES string of the molecule is Cc1csc2c(N)ncnc12.Cl.Cl. The molecule has 2 heterocycles. The number of nitrogens with zero attached hydrogens (tertiary/aromatic N) is 2. The monoisotopic (exact) mass is 237 g/mol. The highest BCUT2D eigenvalue weighted by molar-refractivity contribution is 7.17. The summed E-state index contributed by atoms with van der Waals surface area (Å²) in [5, 5.41) is 2.04. The maximum absolute atomic E-state index is 5.63. The Morgan fingerprint density at radius 3 is 2.62 bits per heavy atom. The normalized spacial score (nSPS) is 9.00. The molecule has 0 saturated heterocycles. The van der Waals surface area contributed by atoms with Crippen LogP contribution in [0.2, 0.25) is 0 Å². The number of thiophene rings is 1. The van der Waals surface area contributed by atoms with Gasteiger partial charge in [0.05, 0.1) is 10.2 Å². The van der Waals surface area contributed by atoms with Gasteiger partial charge < -0.3 is 5.73 Å². The number of aryl methyl sites for hydroxylation is 1. The molecule has 0 aliphatic rings. The molecule has 0 saturated carbocycles. The first kappa shape index (κ1) is 12.4. The molecule has 13 heavy (non-hydrogen) atoms. The largest absolute Gasteiger partial charge is 0.382 e. The van der Waals surface area contributed by atoms with Crippen molar-refractivity contribution < 1.29 is 0 Å². The first-order valence-electron chi connectivity index (χ1n) is 3.23. The Kier molecular flexibility index (Phi) is 4.39. The number of fused-ring (bicyclic) bond motifs is 1. The third-order valence-corrected chi connectivity index (χ3v) is 2.67. The molecule has 0 radical (unpaired) electrons. The summed E-state index contributed by atoms with van der Waals surface area (Å²) in [7, 11) is 0. The molecule has 0 unspecified atom stereocenters. The van der Waals surface area contributed by atoms with Gasteiger partial charge in [-0.15, -0.1) is 36.2 Å². The predicted molar refractivity (Wildman–Crippen MR) is 61.1 cm³/mol. The van der Waals surface area contributed by atoms with Gasteiger partial charge in [0.1, 0.15) is 12.1 Å². The maximum Gasteiger partial charge on any atom is 0.144 e. The van der Waals surface area contributed by atoms with Gasteiger partial charge in [0.15, 0.2) is 0 Å². The second-order valence-electron chi connectivity index (χ2n) is 2.36. The molecule has 0 bridgehead atoms. The van der Waals surface area contributed by atoms with E-state index in [1.54, 1.807) is 11.3 Å². The molecule has 0 amide bonds. The van der Waals surface area contributed by atoms with E-state index in [0.717, 1.165) is 10.2 Å². The van der Waals surface area contributed by atoms with E-state index in [2.05, 4.69) is 9.97 Å². The molecule has 2 aromatic rings. The summed E-state index contributed by atoms with van der Waals surface area (Å²) in [6, 6.07) is 0. The zero-order valence-corrected chi connectivity index (χ0v) is 9.30.